The Labute approximate surface area is 164 Å². The summed E-state index contributed by atoms with van der Waals surface area (Å²) in [6.45, 7) is 2.33. The fourth-order valence-electron chi connectivity index (χ4n) is 4.08. The van der Waals surface area contributed by atoms with Gasteiger partial charge in [0.1, 0.15) is 0 Å². The molecule has 1 aliphatic heterocycles. The number of fused-ring (bicyclic) bond motifs is 1. The van der Waals surface area contributed by atoms with Crippen molar-refractivity contribution in [2.45, 2.75) is 13.0 Å². The van der Waals surface area contributed by atoms with Crippen molar-refractivity contribution in [1.82, 2.24) is 15.2 Å². The maximum absolute atomic E-state index is 12.6. The molecule has 4 rings (SSSR count). The van der Waals surface area contributed by atoms with Gasteiger partial charge < -0.3 is 5.32 Å². The third-order valence-corrected chi connectivity index (χ3v) is 5.63. The van der Waals surface area contributed by atoms with E-state index in [2.05, 4.69) is 39.5 Å². The van der Waals surface area contributed by atoms with Crippen LogP contribution in [0, 0.1) is 5.41 Å². The van der Waals surface area contributed by atoms with Crippen LogP contribution < -0.4 is 5.32 Å². The Balaban J connectivity index is 1.51. The average Bonchev–Trinajstić information content (AvgIpc) is 2.67. The number of carbonyl (C=O) groups excluding carboxylic acids is 1. The maximum Gasteiger partial charge on any atom is 0.228 e. The molecule has 2 aromatic carbocycles. The third kappa shape index (κ3) is 3.55. The Morgan fingerprint density at radius 3 is 2.70 bits per heavy atom. The molecule has 5 heteroatoms. The van der Waals surface area contributed by atoms with E-state index in [1.54, 1.807) is 7.05 Å². The number of carbonyl (C=O) groups is 1. The highest BCUT2D eigenvalue weighted by Crippen LogP contribution is 2.36. The number of benzene rings is 2. The zero-order valence-corrected chi connectivity index (χ0v) is 16.0. The van der Waals surface area contributed by atoms with Gasteiger partial charge in [-0.3, -0.25) is 14.7 Å². The smallest absolute Gasteiger partial charge is 0.228 e. The summed E-state index contributed by atoms with van der Waals surface area (Å²) < 4.78 is 0. The van der Waals surface area contributed by atoms with E-state index < -0.39 is 0 Å². The summed E-state index contributed by atoms with van der Waals surface area (Å²) >= 11 is 5.99. The van der Waals surface area contributed by atoms with Gasteiger partial charge in [-0.05, 0) is 41.1 Å². The van der Waals surface area contributed by atoms with Crippen molar-refractivity contribution in [1.29, 1.82) is 0 Å². The van der Waals surface area contributed by atoms with Crippen molar-refractivity contribution >= 4 is 28.3 Å². The molecule has 0 unspecified atom stereocenters. The topological polar surface area (TPSA) is 45.2 Å². The third-order valence-electron chi connectivity index (χ3n) is 5.38. The van der Waals surface area contributed by atoms with E-state index in [4.69, 9.17) is 11.6 Å². The lowest BCUT2D eigenvalue weighted by Gasteiger charge is -2.49. The van der Waals surface area contributed by atoms with Crippen LogP contribution in [0.4, 0.5) is 0 Å². The number of halogens is 1. The predicted molar refractivity (Wildman–Crippen MR) is 109 cm³/mol. The number of hydrogen-bond donors (Lipinski definition) is 1. The van der Waals surface area contributed by atoms with Gasteiger partial charge in [0, 0.05) is 49.5 Å². The molecule has 1 aliphatic rings. The van der Waals surface area contributed by atoms with E-state index in [0.29, 0.717) is 5.02 Å². The van der Waals surface area contributed by atoms with Crippen LogP contribution in [0.25, 0.3) is 10.8 Å². The lowest BCUT2D eigenvalue weighted by molar-refractivity contribution is -0.141. The minimum Gasteiger partial charge on any atom is -0.359 e. The molecule has 0 aliphatic carbocycles. The Morgan fingerprint density at radius 1 is 1.19 bits per heavy atom. The Hall–Kier alpha value is -2.43. The molecule has 0 atom stereocenters. The van der Waals surface area contributed by atoms with Gasteiger partial charge in [-0.2, -0.15) is 0 Å². The molecule has 3 aromatic rings. The zero-order chi connectivity index (χ0) is 18.9. The highest BCUT2D eigenvalue weighted by Gasteiger charge is 2.48. The molecule has 1 amide bonds. The first-order valence-electron chi connectivity index (χ1n) is 9.10. The molecule has 1 aromatic heterocycles. The van der Waals surface area contributed by atoms with Crippen LogP contribution in [0.2, 0.25) is 5.02 Å². The lowest BCUT2D eigenvalue weighted by atomic mass is 9.73. The lowest BCUT2D eigenvalue weighted by Crippen LogP contribution is -2.63. The maximum atomic E-state index is 12.6. The molecule has 0 bridgehead atoms. The molecule has 0 radical (unpaired) electrons. The van der Waals surface area contributed by atoms with E-state index in [1.165, 1.54) is 10.9 Å². The van der Waals surface area contributed by atoms with Gasteiger partial charge in [0.05, 0.1) is 5.41 Å². The first-order chi connectivity index (χ1) is 13.1. The number of likely N-dealkylation sites (tertiary alicyclic amines) is 1. The van der Waals surface area contributed by atoms with Crippen LogP contribution in [0.5, 0.6) is 0 Å². The number of nitrogens with zero attached hydrogens (tertiary/aromatic N) is 2. The van der Waals surface area contributed by atoms with Gasteiger partial charge in [-0.25, -0.2) is 0 Å². The first-order valence-corrected chi connectivity index (χ1v) is 9.48. The molecule has 2 heterocycles. The van der Waals surface area contributed by atoms with Crippen LogP contribution in [0.15, 0.2) is 60.9 Å². The van der Waals surface area contributed by atoms with Gasteiger partial charge in [-0.1, -0.05) is 41.9 Å². The molecular weight excluding hydrogens is 358 g/mol. The fraction of sp³-hybridized carbons (Fsp3) is 0.273. The summed E-state index contributed by atoms with van der Waals surface area (Å²) in [5.74, 6) is 0.107. The summed E-state index contributed by atoms with van der Waals surface area (Å²) in [5, 5.41) is 5.94. The summed E-state index contributed by atoms with van der Waals surface area (Å²) in [7, 11) is 1.71. The van der Waals surface area contributed by atoms with Gasteiger partial charge in [0.15, 0.2) is 0 Å². The van der Waals surface area contributed by atoms with Crippen LogP contribution in [-0.4, -0.2) is 35.9 Å². The summed E-state index contributed by atoms with van der Waals surface area (Å²) in [5.41, 5.74) is 2.03. The van der Waals surface area contributed by atoms with Crippen LogP contribution in [0.1, 0.15) is 11.1 Å². The summed E-state index contributed by atoms with van der Waals surface area (Å²) in [4.78, 5) is 19.2. The second kappa shape index (κ2) is 7.29. The van der Waals surface area contributed by atoms with Gasteiger partial charge in [0.2, 0.25) is 5.91 Å². The highest BCUT2D eigenvalue weighted by atomic mass is 35.5. The van der Waals surface area contributed by atoms with Gasteiger partial charge in [0.25, 0.3) is 0 Å². The Bertz CT molecular complexity index is 959. The standard InChI is InChI=1S/C22H22ClN3O/c1-24-21(27)22(11-16-5-7-19(23)8-6-16)14-26(15-22)13-18-4-2-3-17-12-25-10-9-20(17)18/h2-10,12H,11,13-15H2,1H3,(H,24,27). The molecular formula is C22H22ClN3O. The van der Waals surface area contributed by atoms with E-state index in [0.717, 1.165) is 37.0 Å². The quantitative estimate of drug-likeness (QED) is 0.735. The largest absolute Gasteiger partial charge is 0.359 e. The van der Waals surface area contributed by atoms with Gasteiger partial charge >= 0.3 is 0 Å². The first kappa shape index (κ1) is 18.0. The van der Waals surface area contributed by atoms with Crippen LogP contribution in [0.3, 0.4) is 0 Å². The Kier molecular flexibility index (Phi) is 4.85. The minimum absolute atomic E-state index is 0.107. The number of aromatic nitrogens is 1. The van der Waals surface area contributed by atoms with E-state index in [-0.39, 0.29) is 11.3 Å². The molecule has 0 spiro atoms. The molecule has 27 heavy (non-hydrogen) atoms. The molecule has 1 saturated heterocycles. The molecule has 4 nitrogen and oxygen atoms in total. The average molecular weight is 380 g/mol. The van der Waals surface area contributed by atoms with Crippen molar-refractivity contribution in [3.8, 4) is 0 Å². The number of nitrogens with one attached hydrogen (secondary N) is 1. The van der Waals surface area contributed by atoms with Crippen molar-refractivity contribution in [3.63, 3.8) is 0 Å². The highest BCUT2D eigenvalue weighted by molar-refractivity contribution is 6.30. The van der Waals surface area contributed by atoms with E-state index >= 15 is 0 Å². The van der Waals surface area contributed by atoms with Crippen molar-refractivity contribution < 1.29 is 4.79 Å². The van der Waals surface area contributed by atoms with Gasteiger partial charge in [-0.15, -0.1) is 0 Å². The zero-order valence-electron chi connectivity index (χ0n) is 15.3. The normalized spacial score (nSPS) is 16.1. The monoisotopic (exact) mass is 379 g/mol. The second-order valence-electron chi connectivity index (χ2n) is 7.32. The van der Waals surface area contributed by atoms with Crippen LogP contribution >= 0.6 is 11.6 Å². The SMILES string of the molecule is CNC(=O)C1(Cc2ccc(Cl)cc2)CN(Cc2cccc3cnccc23)C1. The Morgan fingerprint density at radius 2 is 1.96 bits per heavy atom. The predicted octanol–water partition coefficient (Wildman–Crippen LogP) is 3.68. The van der Waals surface area contributed by atoms with Crippen molar-refractivity contribution in [2.24, 2.45) is 5.41 Å². The number of rotatable bonds is 5. The molecule has 0 saturated carbocycles. The molecule has 1 N–H and O–H groups in total. The number of amides is 1. The fourth-order valence-corrected chi connectivity index (χ4v) is 4.21. The molecule has 138 valence electrons. The van der Waals surface area contributed by atoms with E-state index in [1.807, 2.05) is 36.7 Å². The second-order valence-corrected chi connectivity index (χ2v) is 7.76. The van der Waals surface area contributed by atoms with Crippen LogP contribution in [-0.2, 0) is 17.8 Å². The summed E-state index contributed by atoms with van der Waals surface area (Å²) in [6.07, 6.45) is 4.45. The van der Waals surface area contributed by atoms with E-state index in [9.17, 15) is 4.79 Å². The van der Waals surface area contributed by atoms with Crippen molar-refractivity contribution in [2.75, 3.05) is 20.1 Å². The number of hydrogen-bond acceptors (Lipinski definition) is 3. The summed E-state index contributed by atoms with van der Waals surface area (Å²) in [6, 6.07) is 16.1. The molecule has 1 fully saturated rings. The van der Waals surface area contributed by atoms with Crippen molar-refractivity contribution in [3.05, 3.63) is 77.1 Å². The number of pyridine rings is 1. The minimum atomic E-state index is -0.380.